The smallest absolute Gasteiger partial charge is 0.258 e. The Kier molecular flexibility index (Phi) is 5.03. The van der Waals surface area contributed by atoms with E-state index < -0.39 is 12.2 Å². The Bertz CT molecular complexity index is 1200. The Labute approximate surface area is 172 Å². The van der Waals surface area contributed by atoms with Crippen LogP contribution in [0.2, 0.25) is 0 Å². The molecule has 1 amide bonds. The van der Waals surface area contributed by atoms with Crippen LogP contribution in [-0.4, -0.2) is 42.3 Å². The number of amides is 1. The van der Waals surface area contributed by atoms with Gasteiger partial charge in [0.2, 0.25) is 0 Å². The number of aliphatic hydroxyl groups is 2. The number of hydrogen-bond donors (Lipinski definition) is 3. The first kappa shape index (κ1) is 19.7. The molecule has 0 bridgehead atoms. The summed E-state index contributed by atoms with van der Waals surface area (Å²) in [6.45, 7) is 2.87. The van der Waals surface area contributed by atoms with Crippen molar-refractivity contribution in [3.63, 3.8) is 0 Å². The lowest BCUT2D eigenvalue weighted by Crippen LogP contribution is -2.27. The average Bonchev–Trinajstić information content (AvgIpc) is 3.14. The van der Waals surface area contributed by atoms with Crippen LogP contribution in [0.4, 0.5) is 5.82 Å². The van der Waals surface area contributed by atoms with Crippen LogP contribution in [0.3, 0.4) is 0 Å². The van der Waals surface area contributed by atoms with Gasteiger partial charge in [0.1, 0.15) is 11.4 Å². The Balaban J connectivity index is 1.66. The fourth-order valence-corrected chi connectivity index (χ4v) is 3.08. The minimum atomic E-state index is -1.47. The van der Waals surface area contributed by atoms with Gasteiger partial charge in [-0.2, -0.15) is 5.10 Å². The second kappa shape index (κ2) is 7.66. The second-order valence-electron chi connectivity index (χ2n) is 7.27. The maximum absolute atomic E-state index is 12.7. The molecule has 0 aliphatic rings. The number of aryl methyl sites for hydroxylation is 1. The summed E-state index contributed by atoms with van der Waals surface area (Å²) in [6.07, 6.45) is 1.36. The van der Waals surface area contributed by atoms with E-state index in [1.54, 1.807) is 16.6 Å². The molecule has 8 nitrogen and oxygen atoms in total. The van der Waals surface area contributed by atoms with E-state index in [-0.39, 0.29) is 11.6 Å². The fourth-order valence-electron chi connectivity index (χ4n) is 3.08. The third kappa shape index (κ3) is 3.78. The number of aromatic nitrogens is 4. The molecule has 0 aliphatic heterocycles. The Hall–Kier alpha value is -3.62. The van der Waals surface area contributed by atoms with Crippen LogP contribution in [0.15, 0.2) is 60.8 Å². The fraction of sp³-hybridized carbons (Fsp3) is 0.182. The van der Waals surface area contributed by atoms with Crippen LogP contribution in [0.25, 0.3) is 16.9 Å². The Morgan fingerprint density at radius 2 is 1.93 bits per heavy atom. The van der Waals surface area contributed by atoms with Crippen molar-refractivity contribution in [2.75, 3.05) is 11.9 Å². The van der Waals surface area contributed by atoms with Crippen LogP contribution in [0.1, 0.15) is 28.7 Å². The molecule has 1 aromatic carbocycles. The molecule has 1 unspecified atom stereocenters. The Morgan fingerprint density at radius 3 is 2.60 bits per heavy atom. The molecule has 0 radical (unpaired) electrons. The topological polar surface area (TPSA) is 113 Å². The molecule has 8 heteroatoms. The lowest BCUT2D eigenvalue weighted by atomic mass is 10.0. The summed E-state index contributed by atoms with van der Waals surface area (Å²) in [5.41, 5.74) is 2.31. The monoisotopic (exact) mass is 403 g/mol. The van der Waals surface area contributed by atoms with Crippen molar-refractivity contribution in [2.45, 2.75) is 19.4 Å². The number of nitrogens with zero attached hydrogens (tertiary/aromatic N) is 4. The van der Waals surface area contributed by atoms with E-state index in [1.165, 1.54) is 19.2 Å². The minimum absolute atomic E-state index is 0.280. The highest BCUT2D eigenvalue weighted by Gasteiger charge is 2.23. The molecule has 0 spiro atoms. The zero-order chi connectivity index (χ0) is 21.3. The van der Waals surface area contributed by atoms with E-state index in [2.05, 4.69) is 20.4 Å². The first-order valence-corrected chi connectivity index (χ1v) is 9.41. The number of benzene rings is 1. The quantitative estimate of drug-likeness (QED) is 0.472. The average molecular weight is 403 g/mol. The summed E-state index contributed by atoms with van der Waals surface area (Å²) in [4.78, 5) is 21.3. The first-order chi connectivity index (χ1) is 14.4. The maximum atomic E-state index is 12.7. The molecule has 0 saturated carbocycles. The number of hydrogen-bond acceptors (Lipinski definition) is 6. The molecule has 1 atom stereocenters. The summed E-state index contributed by atoms with van der Waals surface area (Å²) in [5.74, 6) is 0.00229. The van der Waals surface area contributed by atoms with Gasteiger partial charge >= 0.3 is 0 Å². The van der Waals surface area contributed by atoms with Crippen molar-refractivity contribution in [3.05, 3.63) is 77.7 Å². The van der Waals surface area contributed by atoms with E-state index in [0.29, 0.717) is 17.0 Å². The van der Waals surface area contributed by atoms with Gasteiger partial charge in [0, 0.05) is 23.9 Å². The molecule has 0 fully saturated rings. The normalized spacial score (nSPS) is 13.2. The van der Waals surface area contributed by atoms with Gasteiger partial charge in [0.15, 0.2) is 5.65 Å². The highest BCUT2D eigenvalue weighted by atomic mass is 16.3. The lowest BCUT2D eigenvalue weighted by molar-refractivity contribution is -0.00586. The van der Waals surface area contributed by atoms with Crippen LogP contribution in [-0.2, 0) is 5.60 Å². The summed E-state index contributed by atoms with van der Waals surface area (Å²) in [5, 5.41) is 26.6. The van der Waals surface area contributed by atoms with E-state index in [9.17, 15) is 15.0 Å². The molecular weight excluding hydrogens is 382 g/mol. The molecular formula is C22H21N5O3. The van der Waals surface area contributed by atoms with Crippen LogP contribution in [0.5, 0.6) is 0 Å². The van der Waals surface area contributed by atoms with E-state index in [0.717, 1.165) is 17.0 Å². The highest BCUT2D eigenvalue weighted by Crippen LogP contribution is 2.24. The number of carbonyl (C=O) groups is 1. The number of fused-ring (bicyclic) bond motifs is 1. The largest absolute Gasteiger partial charge is 0.393 e. The predicted octanol–water partition coefficient (Wildman–Crippen LogP) is 2.55. The van der Waals surface area contributed by atoms with Gasteiger partial charge in [0.25, 0.3) is 5.91 Å². The maximum Gasteiger partial charge on any atom is 0.258 e. The molecule has 0 aliphatic carbocycles. The van der Waals surface area contributed by atoms with Gasteiger partial charge in [-0.1, -0.05) is 30.3 Å². The van der Waals surface area contributed by atoms with Crippen molar-refractivity contribution in [1.29, 1.82) is 0 Å². The van der Waals surface area contributed by atoms with Crippen molar-refractivity contribution in [1.82, 2.24) is 19.6 Å². The third-order valence-corrected chi connectivity index (χ3v) is 4.75. The first-order valence-electron chi connectivity index (χ1n) is 9.41. The van der Waals surface area contributed by atoms with E-state index >= 15 is 0 Å². The zero-order valence-corrected chi connectivity index (χ0v) is 16.6. The van der Waals surface area contributed by atoms with Crippen molar-refractivity contribution in [2.24, 2.45) is 0 Å². The molecule has 3 heterocycles. The predicted molar refractivity (Wildman–Crippen MR) is 112 cm³/mol. The number of nitrogens with one attached hydrogen (secondary N) is 1. The van der Waals surface area contributed by atoms with Gasteiger partial charge < -0.3 is 15.5 Å². The SMILES string of the molecule is Cc1cc2nc(NC(=O)c3ccc(C(C)(O)CO)nc3)cc(-c3ccccc3)n2n1. The zero-order valence-electron chi connectivity index (χ0n) is 16.6. The molecule has 3 N–H and O–H groups in total. The standard InChI is InChI=1S/C22H21N5O3/c1-14-10-20-24-19(11-17(27(20)26-14)15-6-4-3-5-7-15)25-21(29)16-8-9-18(23-12-16)22(2,30)13-28/h3-12,28,30H,13H2,1-2H3,(H,24,25,29). The van der Waals surface area contributed by atoms with Crippen molar-refractivity contribution >= 4 is 17.4 Å². The van der Waals surface area contributed by atoms with Gasteiger partial charge in [-0.25, -0.2) is 9.50 Å². The van der Waals surface area contributed by atoms with Crippen molar-refractivity contribution in [3.8, 4) is 11.3 Å². The third-order valence-electron chi connectivity index (χ3n) is 4.75. The number of rotatable bonds is 5. The van der Waals surface area contributed by atoms with Crippen LogP contribution < -0.4 is 5.32 Å². The van der Waals surface area contributed by atoms with Gasteiger partial charge in [0.05, 0.1) is 29.3 Å². The summed E-state index contributed by atoms with van der Waals surface area (Å²) in [6, 6.07) is 16.4. The molecule has 3 aromatic heterocycles. The number of pyridine rings is 1. The number of anilines is 1. The van der Waals surface area contributed by atoms with Crippen LogP contribution >= 0.6 is 0 Å². The van der Waals surface area contributed by atoms with Gasteiger partial charge in [-0.05, 0) is 26.0 Å². The van der Waals surface area contributed by atoms with Gasteiger partial charge in [-0.3, -0.25) is 9.78 Å². The summed E-state index contributed by atoms with van der Waals surface area (Å²) < 4.78 is 1.74. The van der Waals surface area contributed by atoms with Crippen molar-refractivity contribution < 1.29 is 15.0 Å². The molecule has 30 heavy (non-hydrogen) atoms. The second-order valence-corrected chi connectivity index (χ2v) is 7.27. The number of carbonyl (C=O) groups excluding carboxylic acids is 1. The number of aliphatic hydroxyl groups excluding tert-OH is 1. The minimum Gasteiger partial charge on any atom is -0.393 e. The molecule has 152 valence electrons. The van der Waals surface area contributed by atoms with E-state index in [4.69, 9.17) is 0 Å². The highest BCUT2D eigenvalue weighted by molar-refractivity contribution is 6.03. The Morgan fingerprint density at radius 1 is 1.17 bits per heavy atom. The molecule has 0 saturated heterocycles. The van der Waals surface area contributed by atoms with Gasteiger partial charge in [-0.15, -0.1) is 0 Å². The van der Waals surface area contributed by atoms with E-state index in [1.807, 2.05) is 43.3 Å². The summed E-state index contributed by atoms with van der Waals surface area (Å²) >= 11 is 0. The van der Waals surface area contributed by atoms with Crippen LogP contribution in [0, 0.1) is 6.92 Å². The molecule has 4 rings (SSSR count). The molecule has 4 aromatic rings. The lowest BCUT2D eigenvalue weighted by Gasteiger charge is -2.19. The summed E-state index contributed by atoms with van der Waals surface area (Å²) in [7, 11) is 0.